The van der Waals surface area contributed by atoms with E-state index in [0.29, 0.717) is 0 Å². The molecule has 3 aromatic heterocycles. The molecule has 3 heterocycles. The number of benzene rings is 7. The Morgan fingerprint density at radius 1 is 0.217 bits per heavy atom. The summed E-state index contributed by atoms with van der Waals surface area (Å²) in [5.41, 5.74) is 19.8. The number of hydrogen-bond donors (Lipinski definition) is 0. The maximum absolute atomic E-state index is 4.57. The predicted octanol–water partition coefficient (Wildman–Crippen LogP) is 13.7. The zero-order chi connectivity index (χ0) is 40.1. The van der Waals surface area contributed by atoms with Crippen molar-refractivity contribution in [1.82, 2.24) is 24.9 Å². The van der Waals surface area contributed by atoms with Gasteiger partial charge in [-0.1, -0.05) is 115 Å². The van der Waals surface area contributed by atoms with E-state index in [9.17, 15) is 0 Å². The number of hydrogen-bond acceptors (Lipinski definition) is 5. The summed E-state index contributed by atoms with van der Waals surface area (Å²) < 4.78 is 0. The monoisotopic (exact) mass is 767 g/mol. The van der Waals surface area contributed by atoms with E-state index < -0.39 is 0 Å². The van der Waals surface area contributed by atoms with Crippen LogP contribution in [0, 0.1) is 0 Å². The summed E-state index contributed by atoms with van der Waals surface area (Å²) >= 11 is 0. The minimum atomic E-state index is 0.963. The Balaban J connectivity index is 0.997. The van der Waals surface area contributed by atoms with Gasteiger partial charge in [0.15, 0.2) is 0 Å². The molecule has 0 saturated carbocycles. The highest BCUT2D eigenvalue weighted by Gasteiger charge is 2.12. The smallest absolute Gasteiger partial charge is 0.115 e. The molecule has 0 aliphatic rings. The molecular weight excluding hydrogens is 731 g/mol. The van der Waals surface area contributed by atoms with Crippen LogP contribution in [0.1, 0.15) is 0 Å². The molecule has 0 aliphatic heterocycles. The highest BCUT2D eigenvalue weighted by molar-refractivity contribution is 5.85. The minimum absolute atomic E-state index is 0.963. The van der Waals surface area contributed by atoms with Gasteiger partial charge in [0, 0.05) is 47.7 Å². The van der Waals surface area contributed by atoms with E-state index in [-0.39, 0.29) is 0 Å². The fourth-order valence-electron chi connectivity index (χ4n) is 7.81. The molecule has 10 rings (SSSR count). The molecule has 10 aromatic rings. The van der Waals surface area contributed by atoms with Crippen LogP contribution in [0.25, 0.3) is 100 Å². The third kappa shape index (κ3) is 7.76. The van der Waals surface area contributed by atoms with Gasteiger partial charge in [-0.05, 0) is 145 Å². The first-order valence-corrected chi connectivity index (χ1v) is 19.9. The normalized spacial score (nSPS) is 11.0. The van der Waals surface area contributed by atoms with Gasteiger partial charge >= 0.3 is 0 Å². The van der Waals surface area contributed by atoms with Crippen LogP contribution < -0.4 is 0 Å². The van der Waals surface area contributed by atoms with Crippen molar-refractivity contribution in [3.05, 3.63) is 226 Å². The zero-order valence-electron chi connectivity index (χ0n) is 32.6. The zero-order valence-corrected chi connectivity index (χ0v) is 32.6. The first-order chi connectivity index (χ1) is 29.7. The lowest BCUT2D eigenvalue weighted by molar-refractivity contribution is 1.17. The van der Waals surface area contributed by atoms with Gasteiger partial charge in [-0.15, -0.1) is 0 Å². The summed E-state index contributed by atoms with van der Waals surface area (Å²) in [5, 5.41) is 0. The van der Waals surface area contributed by atoms with E-state index in [4.69, 9.17) is 0 Å². The van der Waals surface area contributed by atoms with Gasteiger partial charge in [-0.3, -0.25) is 4.98 Å². The van der Waals surface area contributed by atoms with Crippen LogP contribution in [0.15, 0.2) is 226 Å². The van der Waals surface area contributed by atoms with Crippen LogP contribution in [0.5, 0.6) is 0 Å². The van der Waals surface area contributed by atoms with Crippen molar-refractivity contribution in [2.75, 3.05) is 0 Å². The number of nitrogens with zero attached hydrogens (tertiary/aromatic N) is 5. The van der Waals surface area contributed by atoms with Gasteiger partial charge in [-0.2, -0.15) is 0 Å². The number of pyridine rings is 1. The minimum Gasteiger partial charge on any atom is -0.256 e. The lowest BCUT2D eigenvalue weighted by atomic mass is 9.91. The highest BCUT2D eigenvalue weighted by Crippen LogP contribution is 2.37. The van der Waals surface area contributed by atoms with Gasteiger partial charge in [0.05, 0.1) is 5.69 Å². The van der Waals surface area contributed by atoms with Crippen LogP contribution in [0.2, 0.25) is 0 Å². The SMILES string of the molecule is c1ccc(-c2cccc(-c3cccc(-c4cccc(-c5cc(-c6cncnc6)cc(-c6cccc(-c7cccc(-c8cccc(-c9cncnc9)c8)c7)c6)c5)c4)c3)c2)nc1. The van der Waals surface area contributed by atoms with Gasteiger partial charge in [0.1, 0.15) is 12.7 Å². The molecule has 0 radical (unpaired) electrons. The van der Waals surface area contributed by atoms with Crippen LogP contribution in [-0.2, 0) is 0 Å². The van der Waals surface area contributed by atoms with Crippen molar-refractivity contribution in [3.8, 4) is 100 Å². The molecule has 7 aromatic carbocycles. The van der Waals surface area contributed by atoms with E-state index in [1.54, 1.807) is 12.7 Å². The molecule has 0 saturated heterocycles. The standard InChI is InChI=1S/C55H37N5/c1-2-22-60-55(21-1)49-20-8-16-45(28-49)41-12-4-10-39(24-41)43-14-6-18-47(26-43)51-29-50(30-52(31-51)54-34-58-37-59-35-54)46-17-5-13-42(25-46)38-9-3-11-40(23-38)44-15-7-19-48(27-44)53-32-56-36-57-33-53/h1-37H. The number of rotatable bonds is 9. The Bertz CT molecular complexity index is 2900. The molecule has 0 N–H and O–H groups in total. The first-order valence-electron chi connectivity index (χ1n) is 19.9. The second-order valence-corrected chi connectivity index (χ2v) is 14.8. The predicted molar refractivity (Wildman–Crippen MR) is 244 cm³/mol. The molecule has 0 atom stereocenters. The van der Waals surface area contributed by atoms with Crippen molar-refractivity contribution < 1.29 is 0 Å². The molecule has 0 aliphatic carbocycles. The molecule has 0 bridgehead atoms. The number of aromatic nitrogens is 5. The molecular formula is C55H37N5. The van der Waals surface area contributed by atoms with E-state index in [0.717, 1.165) is 100 Å². The highest BCUT2D eigenvalue weighted by atomic mass is 14.8. The summed E-state index contributed by atoms with van der Waals surface area (Å²) in [6.45, 7) is 0. The maximum Gasteiger partial charge on any atom is 0.115 e. The van der Waals surface area contributed by atoms with Gasteiger partial charge in [0.2, 0.25) is 0 Å². The molecule has 0 unspecified atom stereocenters. The third-order valence-corrected chi connectivity index (χ3v) is 10.9. The molecule has 0 amide bonds. The second-order valence-electron chi connectivity index (χ2n) is 14.8. The quantitative estimate of drug-likeness (QED) is 0.146. The van der Waals surface area contributed by atoms with E-state index in [1.807, 2.05) is 49.2 Å². The Morgan fingerprint density at radius 2 is 0.483 bits per heavy atom. The van der Waals surface area contributed by atoms with Crippen molar-refractivity contribution >= 4 is 0 Å². The van der Waals surface area contributed by atoms with Crippen LogP contribution >= 0.6 is 0 Å². The summed E-state index contributed by atoms with van der Waals surface area (Å²) in [6.07, 6.45) is 12.4. The molecule has 282 valence electrons. The fourth-order valence-corrected chi connectivity index (χ4v) is 7.81. The lowest BCUT2D eigenvalue weighted by Crippen LogP contribution is -1.89. The molecule has 5 heteroatoms. The van der Waals surface area contributed by atoms with Crippen LogP contribution in [-0.4, -0.2) is 24.9 Å². The van der Waals surface area contributed by atoms with Gasteiger partial charge < -0.3 is 0 Å². The van der Waals surface area contributed by atoms with Crippen molar-refractivity contribution in [2.45, 2.75) is 0 Å². The van der Waals surface area contributed by atoms with E-state index in [2.05, 4.69) is 189 Å². The van der Waals surface area contributed by atoms with Crippen molar-refractivity contribution in [2.24, 2.45) is 0 Å². The van der Waals surface area contributed by atoms with E-state index >= 15 is 0 Å². The third-order valence-electron chi connectivity index (χ3n) is 10.9. The Kier molecular flexibility index (Phi) is 9.88. The topological polar surface area (TPSA) is 64.5 Å². The Labute approximate surface area is 349 Å². The Morgan fingerprint density at radius 3 is 0.833 bits per heavy atom. The van der Waals surface area contributed by atoms with Gasteiger partial charge in [0.25, 0.3) is 0 Å². The van der Waals surface area contributed by atoms with Crippen LogP contribution in [0.3, 0.4) is 0 Å². The fraction of sp³-hybridized carbons (Fsp3) is 0. The molecule has 60 heavy (non-hydrogen) atoms. The average molecular weight is 768 g/mol. The van der Waals surface area contributed by atoms with Gasteiger partial charge in [-0.25, -0.2) is 19.9 Å². The summed E-state index contributed by atoms with van der Waals surface area (Å²) in [6, 6.07) is 65.0. The lowest BCUT2D eigenvalue weighted by Gasteiger charge is -2.14. The van der Waals surface area contributed by atoms with Crippen molar-refractivity contribution in [1.29, 1.82) is 0 Å². The average Bonchev–Trinajstić information content (AvgIpc) is 3.35. The molecule has 0 spiro atoms. The largest absolute Gasteiger partial charge is 0.256 e. The summed E-state index contributed by atoms with van der Waals surface area (Å²) in [7, 11) is 0. The molecule has 5 nitrogen and oxygen atoms in total. The van der Waals surface area contributed by atoms with Crippen LogP contribution in [0.4, 0.5) is 0 Å². The summed E-state index contributed by atoms with van der Waals surface area (Å²) in [4.78, 5) is 21.7. The van der Waals surface area contributed by atoms with Crippen molar-refractivity contribution in [3.63, 3.8) is 0 Å². The summed E-state index contributed by atoms with van der Waals surface area (Å²) in [5.74, 6) is 0. The van der Waals surface area contributed by atoms with E-state index in [1.165, 1.54) is 0 Å². The first kappa shape index (κ1) is 36.2. The molecule has 0 fully saturated rings. The second kappa shape index (κ2) is 16.4. The maximum atomic E-state index is 4.57. The Hall–Kier alpha value is -8.15.